The Labute approximate surface area is 161 Å². The average molecular weight is 401 g/mol. The molecule has 0 unspecified atom stereocenters. The molecule has 0 saturated heterocycles. The van der Waals surface area contributed by atoms with Gasteiger partial charge in [-0.1, -0.05) is 6.07 Å². The molecule has 0 N–H and O–H groups in total. The van der Waals surface area contributed by atoms with Crippen LogP contribution in [0.3, 0.4) is 0 Å². The molecule has 0 radical (unpaired) electrons. The molecule has 0 fully saturated rings. The number of rotatable bonds is 5. The van der Waals surface area contributed by atoms with Gasteiger partial charge in [0, 0.05) is 21.7 Å². The Morgan fingerprint density at radius 2 is 2.21 bits per heavy atom. The Morgan fingerprint density at radius 1 is 1.46 bits per heavy atom. The van der Waals surface area contributed by atoms with E-state index in [1.807, 2.05) is 0 Å². The molecule has 2 aromatic heterocycles. The van der Waals surface area contributed by atoms with Crippen LogP contribution in [0.4, 0.5) is 10.1 Å². The van der Waals surface area contributed by atoms with Gasteiger partial charge < -0.3 is 9.30 Å². The Kier molecular flexibility index (Phi) is 5.19. The van der Waals surface area contributed by atoms with Crippen molar-refractivity contribution >= 4 is 33.1 Å². The number of carbonyl (C=O) groups is 1. The maximum absolute atomic E-state index is 14.5. The summed E-state index contributed by atoms with van der Waals surface area (Å²) in [4.78, 5) is 35.2. The smallest absolute Gasteiger partial charge is 0.348 e. The third kappa shape index (κ3) is 3.35. The van der Waals surface area contributed by atoms with E-state index < -0.39 is 33.5 Å². The molecule has 3 aromatic rings. The van der Waals surface area contributed by atoms with E-state index in [0.717, 1.165) is 28.2 Å². The van der Waals surface area contributed by atoms with E-state index in [2.05, 4.69) is 0 Å². The van der Waals surface area contributed by atoms with E-state index in [0.29, 0.717) is 4.70 Å². The zero-order valence-electron chi connectivity index (χ0n) is 14.5. The lowest BCUT2D eigenvalue weighted by Gasteiger charge is -2.08. The van der Waals surface area contributed by atoms with E-state index in [4.69, 9.17) is 10.00 Å². The Morgan fingerprint density at radius 3 is 2.86 bits per heavy atom. The fraction of sp³-hybridized carbons (Fsp3) is 0.167. The molecular formula is C18H12FN3O5S. The molecule has 0 atom stereocenters. The largest absolute Gasteiger partial charge is 0.462 e. The number of benzene rings is 1. The Balaban J connectivity index is 2.25. The molecule has 0 amide bonds. The van der Waals surface area contributed by atoms with Gasteiger partial charge in [0.05, 0.1) is 24.3 Å². The van der Waals surface area contributed by atoms with Crippen molar-refractivity contribution in [3.8, 4) is 6.07 Å². The molecule has 0 saturated carbocycles. The summed E-state index contributed by atoms with van der Waals surface area (Å²) in [6, 6.07) is 6.80. The predicted octanol–water partition coefficient (Wildman–Crippen LogP) is 3.21. The SMILES string of the molecule is CCOC(=O)c1sc2cccc(F)c2c1Cn1cc([N+](=O)[O-])cc(C#N)c1=O. The molecule has 0 spiro atoms. The number of pyridine rings is 1. The van der Waals surface area contributed by atoms with Crippen LogP contribution in [0.25, 0.3) is 10.1 Å². The molecule has 0 aliphatic carbocycles. The van der Waals surface area contributed by atoms with E-state index in [9.17, 15) is 24.1 Å². The zero-order valence-corrected chi connectivity index (χ0v) is 15.3. The second-order valence-corrected chi connectivity index (χ2v) is 6.71. The van der Waals surface area contributed by atoms with Crippen molar-refractivity contribution in [1.82, 2.24) is 4.57 Å². The van der Waals surface area contributed by atoms with Crippen LogP contribution in [0, 0.1) is 27.3 Å². The lowest BCUT2D eigenvalue weighted by atomic mass is 10.1. The first-order chi connectivity index (χ1) is 13.4. The molecule has 142 valence electrons. The van der Waals surface area contributed by atoms with Gasteiger partial charge in [-0.2, -0.15) is 5.26 Å². The lowest BCUT2D eigenvalue weighted by Crippen LogP contribution is -2.24. The number of halogens is 1. The quantitative estimate of drug-likeness (QED) is 0.368. The molecule has 2 heterocycles. The number of hydrogen-bond donors (Lipinski definition) is 0. The summed E-state index contributed by atoms with van der Waals surface area (Å²) in [5, 5.41) is 20.3. The summed E-state index contributed by atoms with van der Waals surface area (Å²) in [5.41, 5.74) is -1.50. The molecule has 3 rings (SSSR count). The Hall–Kier alpha value is -3.58. The van der Waals surface area contributed by atoms with E-state index >= 15 is 0 Å². The van der Waals surface area contributed by atoms with Crippen LogP contribution in [0.15, 0.2) is 35.3 Å². The summed E-state index contributed by atoms with van der Waals surface area (Å²) in [6.07, 6.45) is 0.961. The third-order valence-corrected chi connectivity index (χ3v) is 5.13. The highest BCUT2D eigenvalue weighted by molar-refractivity contribution is 7.21. The number of thiophene rings is 1. The molecule has 28 heavy (non-hydrogen) atoms. The van der Waals surface area contributed by atoms with Gasteiger partial charge in [0.1, 0.15) is 22.3 Å². The minimum Gasteiger partial charge on any atom is -0.462 e. The van der Waals surface area contributed by atoms with Crippen LogP contribution < -0.4 is 5.56 Å². The zero-order chi connectivity index (χ0) is 20.4. The van der Waals surface area contributed by atoms with Crippen molar-refractivity contribution in [2.45, 2.75) is 13.5 Å². The topological polar surface area (TPSA) is 115 Å². The van der Waals surface area contributed by atoms with Crippen molar-refractivity contribution < 1.29 is 18.8 Å². The van der Waals surface area contributed by atoms with Gasteiger partial charge in [0.2, 0.25) is 0 Å². The molecule has 0 bridgehead atoms. The fourth-order valence-corrected chi connectivity index (χ4v) is 3.89. The first-order valence-corrected chi connectivity index (χ1v) is 8.85. The summed E-state index contributed by atoms with van der Waals surface area (Å²) in [7, 11) is 0. The van der Waals surface area contributed by atoms with Gasteiger partial charge >= 0.3 is 5.97 Å². The number of aromatic nitrogens is 1. The summed E-state index contributed by atoms with van der Waals surface area (Å²) < 4.78 is 20.9. The van der Waals surface area contributed by atoms with E-state index in [-0.39, 0.29) is 29.0 Å². The first kappa shape index (κ1) is 19.2. The maximum Gasteiger partial charge on any atom is 0.348 e. The van der Waals surface area contributed by atoms with Crippen LogP contribution in [0.1, 0.15) is 27.7 Å². The molecule has 1 aromatic carbocycles. The molecule has 8 nitrogen and oxygen atoms in total. The molecule has 10 heteroatoms. The fourth-order valence-electron chi connectivity index (χ4n) is 2.77. The third-order valence-electron chi connectivity index (χ3n) is 3.96. The van der Waals surface area contributed by atoms with Gasteiger partial charge in [-0.3, -0.25) is 14.9 Å². The number of nitriles is 1. The number of fused-ring (bicyclic) bond motifs is 1. The van der Waals surface area contributed by atoms with Crippen molar-refractivity contribution in [3.63, 3.8) is 0 Å². The van der Waals surface area contributed by atoms with Gasteiger partial charge in [0.25, 0.3) is 11.2 Å². The van der Waals surface area contributed by atoms with E-state index in [1.165, 1.54) is 12.1 Å². The monoisotopic (exact) mass is 401 g/mol. The van der Waals surface area contributed by atoms with Gasteiger partial charge in [-0.25, -0.2) is 9.18 Å². The highest BCUT2D eigenvalue weighted by Crippen LogP contribution is 2.34. The van der Waals surface area contributed by atoms with Crippen LogP contribution in [0.5, 0.6) is 0 Å². The standard InChI is InChI=1S/C18H12FN3O5S/c1-2-27-18(24)16-12(15-13(19)4-3-5-14(15)28-16)9-21-8-11(22(25)26)6-10(7-20)17(21)23/h3-6,8H,2,9H2,1H3. The number of ether oxygens (including phenoxy) is 1. The van der Waals surface area contributed by atoms with Crippen molar-refractivity contribution in [2.24, 2.45) is 0 Å². The normalized spacial score (nSPS) is 10.6. The van der Waals surface area contributed by atoms with Crippen LogP contribution >= 0.6 is 11.3 Å². The van der Waals surface area contributed by atoms with Crippen LogP contribution in [-0.4, -0.2) is 22.1 Å². The number of esters is 1. The van der Waals surface area contributed by atoms with Crippen LogP contribution in [-0.2, 0) is 11.3 Å². The van der Waals surface area contributed by atoms with E-state index in [1.54, 1.807) is 19.1 Å². The number of nitro groups is 1. The molecule has 0 aliphatic heterocycles. The predicted molar refractivity (Wildman–Crippen MR) is 98.9 cm³/mol. The minimum atomic E-state index is -0.779. The van der Waals surface area contributed by atoms with Gasteiger partial charge in [0.15, 0.2) is 0 Å². The Bertz CT molecular complexity index is 1210. The highest BCUT2D eigenvalue weighted by atomic mass is 32.1. The summed E-state index contributed by atoms with van der Waals surface area (Å²) in [5.74, 6) is -1.28. The first-order valence-electron chi connectivity index (χ1n) is 8.03. The number of nitrogens with zero attached hydrogens (tertiary/aromatic N) is 3. The van der Waals surface area contributed by atoms with Crippen molar-refractivity contribution in [2.75, 3.05) is 6.61 Å². The number of hydrogen-bond acceptors (Lipinski definition) is 7. The molecular weight excluding hydrogens is 389 g/mol. The highest BCUT2D eigenvalue weighted by Gasteiger charge is 2.23. The average Bonchev–Trinajstić information content (AvgIpc) is 3.03. The molecule has 0 aliphatic rings. The van der Waals surface area contributed by atoms with Crippen LogP contribution in [0.2, 0.25) is 0 Å². The number of carbonyl (C=O) groups excluding carboxylic acids is 1. The second-order valence-electron chi connectivity index (χ2n) is 5.66. The lowest BCUT2D eigenvalue weighted by molar-refractivity contribution is -0.385. The van der Waals surface area contributed by atoms with Crippen molar-refractivity contribution in [1.29, 1.82) is 5.26 Å². The maximum atomic E-state index is 14.5. The van der Waals surface area contributed by atoms with Gasteiger partial charge in [-0.15, -0.1) is 11.3 Å². The second kappa shape index (κ2) is 7.58. The minimum absolute atomic E-state index is 0.0962. The van der Waals surface area contributed by atoms with Gasteiger partial charge in [-0.05, 0) is 19.1 Å². The summed E-state index contributed by atoms with van der Waals surface area (Å²) in [6.45, 7) is 1.39. The summed E-state index contributed by atoms with van der Waals surface area (Å²) >= 11 is 1.00. The van der Waals surface area contributed by atoms with Crippen molar-refractivity contribution in [3.05, 3.63) is 72.8 Å².